The minimum atomic E-state index is -0.279. The minimum absolute atomic E-state index is 0.279. The Labute approximate surface area is 109 Å². The van der Waals surface area contributed by atoms with Crippen LogP contribution in [0.2, 0.25) is 0 Å². The molecule has 0 N–H and O–H groups in total. The van der Waals surface area contributed by atoms with Gasteiger partial charge < -0.3 is 9.47 Å². The van der Waals surface area contributed by atoms with E-state index in [2.05, 4.69) is 20.8 Å². The molecule has 0 saturated heterocycles. The summed E-state index contributed by atoms with van der Waals surface area (Å²) in [6, 6.07) is 7.14. The number of esters is 1. The van der Waals surface area contributed by atoms with Crippen LogP contribution in [0.3, 0.4) is 0 Å². The molecular formula is C15H22O3. The molecule has 0 spiro atoms. The average Bonchev–Trinajstić information content (AvgIpc) is 2.37. The molecule has 0 fully saturated rings. The lowest BCUT2D eigenvalue weighted by atomic mass is 10.2. The number of unbranched alkanes of at least 4 members (excludes halogenated alkanes) is 1. The Morgan fingerprint density at radius 1 is 1.33 bits per heavy atom. The van der Waals surface area contributed by atoms with Crippen molar-refractivity contribution in [3.63, 3.8) is 0 Å². The molecule has 0 aliphatic heterocycles. The second-order valence-electron chi connectivity index (χ2n) is 4.72. The van der Waals surface area contributed by atoms with Crippen molar-refractivity contribution in [2.24, 2.45) is 5.92 Å². The van der Waals surface area contributed by atoms with Crippen LogP contribution in [0.5, 0.6) is 5.75 Å². The summed E-state index contributed by atoms with van der Waals surface area (Å²) in [5, 5.41) is 0. The summed E-state index contributed by atoms with van der Waals surface area (Å²) in [7, 11) is 0. The van der Waals surface area contributed by atoms with Crippen molar-refractivity contribution in [1.82, 2.24) is 0 Å². The molecule has 0 heterocycles. The van der Waals surface area contributed by atoms with Gasteiger partial charge in [-0.1, -0.05) is 33.3 Å². The molecule has 0 atom stereocenters. The van der Waals surface area contributed by atoms with E-state index in [4.69, 9.17) is 9.47 Å². The molecule has 0 aliphatic carbocycles. The third-order valence-corrected chi connectivity index (χ3v) is 2.38. The Balaban J connectivity index is 2.55. The van der Waals surface area contributed by atoms with Crippen LogP contribution in [-0.4, -0.2) is 19.2 Å². The predicted molar refractivity (Wildman–Crippen MR) is 72.0 cm³/mol. The number of ether oxygens (including phenoxy) is 2. The molecule has 1 aromatic carbocycles. The van der Waals surface area contributed by atoms with Crippen LogP contribution in [0.15, 0.2) is 24.3 Å². The maximum Gasteiger partial charge on any atom is 0.338 e. The Kier molecular flexibility index (Phi) is 6.26. The van der Waals surface area contributed by atoms with Gasteiger partial charge in [-0.25, -0.2) is 4.79 Å². The monoisotopic (exact) mass is 250 g/mol. The van der Waals surface area contributed by atoms with Gasteiger partial charge in [-0.15, -0.1) is 0 Å². The van der Waals surface area contributed by atoms with Crippen molar-refractivity contribution < 1.29 is 14.3 Å². The van der Waals surface area contributed by atoms with Crippen molar-refractivity contribution in [1.29, 1.82) is 0 Å². The van der Waals surface area contributed by atoms with Gasteiger partial charge in [0.1, 0.15) is 5.75 Å². The first kappa shape index (κ1) is 14.6. The Morgan fingerprint density at radius 2 is 2.11 bits per heavy atom. The van der Waals surface area contributed by atoms with Crippen molar-refractivity contribution in [2.45, 2.75) is 33.6 Å². The Bertz CT molecular complexity index is 372. The minimum Gasteiger partial charge on any atom is -0.493 e. The smallest absolute Gasteiger partial charge is 0.338 e. The quantitative estimate of drug-likeness (QED) is 0.547. The van der Waals surface area contributed by atoms with Crippen LogP contribution in [-0.2, 0) is 4.74 Å². The zero-order valence-corrected chi connectivity index (χ0v) is 11.4. The van der Waals surface area contributed by atoms with E-state index in [1.165, 1.54) is 0 Å². The summed E-state index contributed by atoms with van der Waals surface area (Å²) in [4.78, 5) is 11.7. The van der Waals surface area contributed by atoms with Crippen molar-refractivity contribution in [2.75, 3.05) is 13.2 Å². The van der Waals surface area contributed by atoms with E-state index in [0.29, 0.717) is 30.4 Å². The van der Waals surface area contributed by atoms with Gasteiger partial charge in [-0.2, -0.15) is 0 Å². The lowest BCUT2D eigenvalue weighted by Gasteiger charge is -2.09. The Hall–Kier alpha value is -1.51. The van der Waals surface area contributed by atoms with E-state index in [0.717, 1.165) is 12.8 Å². The summed E-state index contributed by atoms with van der Waals surface area (Å²) < 4.78 is 10.7. The van der Waals surface area contributed by atoms with Crippen LogP contribution in [0.25, 0.3) is 0 Å². The highest BCUT2D eigenvalue weighted by Gasteiger charge is 2.08. The fraction of sp³-hybridized carbons (Fsp3) is 0.533. The van der Waals surface area contributed by atoms with Crippen molar-refractivity contribution in [3.8, 4) is 5.75 Å². The molecule has 18 heavy (non-hydrogen) atoms. The number of hydrogen-bond donors (Lipinski definition) is 0. The summed E-state index contributed by atoms with van der Waals surface area (Å²) in [6.45, 7) is 7.36. The molecule has 3 heteroatoms. The molecule has 1 aromatic rings. The van der Waals surface area contributed by atoms with E-state index in [1.54, 1.807) is 12.1 Å². The SMILES string of the molecule is CCCCOC(=O)c1cccc(OCC(C)C)c1. The third kappa shape index (κ3) is 5.21. The predicted octanol–water partition coefficient (Wildman–Crippen LogP) is 3.68. The number of hydrogen-bond acceptors (Lipinski definition) is 3. The molecule has 0 aromatic heterocycles. The maximum atomic E-state index is 11.7. The lowest BCUT2D eigenvalue weighted by Crippen LogP contribution is -2.08. The van der Waals surface area contributed by atoms with Crippen LogP contribution < -0.4 is 4.74 Å². The van der Waals surface area contributed by atoms with Gasteiger partial charge >= 0.3 is 5.97 Å². The molecule has 0 aliphatic rings. The van der Waals surface area contributed by atoms with Gasteiger partial charge in [0, 0.05) is 0 Å². The van der Waals surface area contributed by atoms with Gasteiger partial charge in [0.2, 0.25) is 0 Å². The van der Waals surface area contributed by atoms with Gasteiger partial charge in [0.15, 0.2) is 0 Å². The van der Waals surface area contributed by atoms with Crippen molar-refractivity contribution in [3.05, 3.63) is 29.8 Å². The summed E-state index contributed by atoms with van der Waals surface area (Å²) >= 11 is 0. The average molecular weight is 250 g/mol. The third-order valence-electron chi connectivity index (χ3n) is 2.38. The molecule has 0 unspecified atom stereocenters. The fourth-order valence-electron chi connectivity index (χ4n) is 1.37. The molecule has 0 saturated carbocycles. The second kappa shape index (κ2) is 7.75. The first-order chi connectivity index (χ1) is 8.63. The lowest BCUT2D eigenvalue weighted by molar-refractivity contribution is 0.0499. The summed E-state index contributed by atoms with van der Waals surface area (Å²) in [5.41, 5.74) is 0.548. The first-order valence-corrected chi connectivity index (χ1v) is 6.53. The summed E-state index contributed by atoms with van der Waals surface area (Å²) in [5.74, 6) is 0.900. The molecule has 0 radical (unpaired) electrons. The second-order valence-corrected chi connectivity index (χ2v) is 4.72. The van der Waals surface area contributed by atoms with Gasteiger partial charge in [-0.3, -0.25) is 0 Å². The zero-order valence-electron chi connectivity index (χ0n) is 11.4. The number of carbonyl (C=O) groups excluding carboxylic acids is 1. The van der Waals surface area contributed by atoms with Crippen LogP contribution >= 0.6 is 0 Å². The van der Waals surface area contributed by atoms with E-state index in [-0.39, 0.29) is 5.97 Å². The standard InChI is InChI=1S/C15H22O3/c1-4-5-9-17-15(16)13-7-6-8-14(10-13)18-11-12(2)3/h6-8,10,12H,4-5,9,11H2,1-3H3. The molecular weight excluding hydrogens is 228 g/mol. The number of carbonyl (C=O) groups is 1. The highest BCUT2D eigenvalue weighted by molar-refractivity contribution is 5.89. The van der Waals surface area contributed by atoms with E-state index < -0.39 is 0 Å². The molecule has 100 valence electrons. The molecule has 1 rings (SSSR count). The highest BCUT2D eigenvalue weighted by Crippen LogP contribution is 2.15. The topological polar surface area (TPSA) is 35.5 Å². The van der Waals surface area contributed by atoms with Gasteiger partial charge in [-0.05, 0) is 30.5 Å². The van der Waals surface area contributed by atoms with Crippen molar-refractivity contribution >= 4 is 5.97 Å². The highest BCUT2D eigenvalue weighted by atomic mass is 16.5. The van der Waals surface area contributed by atoms with Crippen LogP contribution in [0.4, 0.5) is 0 Å². The molecule has 0 bridgehead atoms. The first-order valence-electron chi connectivity index (χ1n) is 6.53. The largest absolute Gasteiger partial charge is 0.493 e. The van der Waals surface area contributed by atoms with Gasteiger partial charge in [0.25, 0.3) is 0 Å². The summed E-state index contributed by atoms with van der Waals surface area (Å²) in [6.07, 6.45) is 1.92. The molecule has 3 nitrogen and oxygen atoms in total. The van der Waals surface area contributed by atoms with E-state index in [1.807, 2.05) is 12.1 Å². The number of benzene rings is 1. The van der Waals surface area contributed by atoms with Gasteiger partial charge in [0.05, 0.1) is 18.8 Å². The zero-order chi connectivity index (χ0) is 13.4. The van der Waals surface area contributed by atoms with Crippen LogP contribution in [0, 0.1) is 5.92 Å². The van der Waals surface area contributed by atoms with E-state index in [9.17, 15) is 4.79 Å². The van der Waals surface area contributed by atoms with Crippen LogP contribution in [0.1, 0.15) is 44.0 Å². The molecule has 0 amide bonds. The number of rotatable bonds is 7. The maximum absolute atomic E-state index is 11.7. The van der Waals surface area contributed by atoms with E-state index >= 15 is 0 Å². The Morgan fingerprint density at radius 3 is 2.78 bits per heavy atom. The normalized spacial score (nSPS) is 10.4. The fourth-order valence-corrected chi connectivity index (χ4v) is 1.37.